The summed E-state index contributed by atoms with van der Waals surface area (Å²) in [5, 5.41) is 7.68. The van der Waals surface area contributed by atoms with Gasteiger partial charge in [0.25, 0.3) is 0 Å². The lowest BCUT2D eigenvalue weighted by Gasteiger charge is -2.23. The molecule has 2 aromatic rings. The Morgan fingerprint density at radius 2 is 2.21 bits per heavy atom. The lowest BCUT2D eigenvalue weighted by atomic mass is 9.93. The third-order valence-electron chi connectivity index (χ3n) is 4.19. The highest BCUT2D eigenvalue weighted by Gasteiger charge is 2.30. The Hall–Kier alpha value is -1.64. The van der Waals surface area contributed by atoms with Crippen LogP contribution in [0.5, 0.6) is 0 Å². The van der Waals surface area contributed by atoms with E-state index >= 15 is 0 Å². The molecular formula is C17H25IN6. The highest BCUT2D eigenvalue weighted by atomic mass is 127. The zero-order valence-electron chi connectivity index (χ0n) is 14.4. The van der Waals surface area contributed by atoms with E-state index in [2.05, 4.69) is 39.1 Å². The number of nitrogens with one attached hydrogen (secondary N) is 1. The van der Waals surface area contributed by atoms with Gasteiger partial charge in [0.2, 0.25) is 0 Å². The van der Waals surface area contributed by atoms with Crippen LogP contribution in [0.4, 0.5) is 0 Å². The van der Waals surface area contributed by atoms with Gasteiger partial charge in [0.1, 0.15) is 0 Å². The fraction of sp³-hybridized carbons (Fsp3) is 0.471. The molecule has 0 atom stereocenters. The molecule has 2 aromatic heterocycles. The summed E-state index contributed by atoms with van der Waals surface area (Å²) in [5.74, 6) is 1.79. The molecule has 1 N–H and O–H groups in total. The summed E-state index contributed by atoms with van der Waals surface area (Å²) in [7, 11) is 1.84. The zero-order valence-corrected chi connectivity index (χ0v) is 16.8. The molecule has 0 amide bonds. The van der Waals surface area contributed by atoms with Gasteiger partial charge < -0.3 is 10.2 Å². The van der Waals surface area contributed by atoms with Crippen LogP contribution >= 0.6 is 24.0 Å². The standard InChI is InChI=1S/C17H24N6.HI/c1-17(2)6-10-22(13-17)16(18-3)20-12-14-5-8-19-15(11-14)23-9-4-7-21-23;/h4-5,7-9,11H,6,10,12-13H2,1-3H3,(H,18,20);1H. The fourth-order valence-electron chi connectivity index (χ4n) is 2.91. The summed E-state index contributed by atoms with van der Waals surface area (Å²) < 4.78 is 1.77. The topological polar surface area (TPSA) is 58.3 Å². The summed E-state index contributed by atoms with van der Waals surface area (Å²) >= 11 is 0. The van der Waals surface area contributed by atoms with Crippen molar-refractivity contribution in [1.82, 2.24) is 25.0 Å². The Bertz CT molecular complexity index is 680. The second-order valence-corrected chi connectivity index (χ2v) is 6.71. The van der Waals surface area contributed by atoms with Crippen molar-refractivity contribution in [3.8, 4) is 5.82 Å². The number of aromatic nitrogens is 3. The number of hydrogen-bond donors (Lipinski definition) is 1. The molecule has 0 bridgehead atoms. The van der Waals surface area contributed by atoms with Crippen molar-refractivity contribution in [1.29, 1.82) is 0 Å². The van der Waals surface area contributed by atoms with Crippen LogP contribution in [0.1, 0.15) is 25.8 Å². The number of pyridine rings is 1. The predicted octanol–water partition coefficient (Wildman–Crippen LogP) is 2.69. The summed E-state index contributed by atoms with van der Waals surface area (Å²) in [4.78, 5) is 11.1. The van der Waals surface area contributed by atoms with E-state index in [0.29, 0.717) is 5.41 Å². The van der Waals surface area contributed by atoms with Gasteiger partial charge in [0.05, 0.1) is 0 Å². The second kappa shape index (κ2) is 7.96. The minimum atomic E-state index is 0. The normalized spacial score (nSPS) is 16.8. The monoisotopic (exact) mass is 440 g/mol. The van der Waals surface area contributed by atoms with Crippen molar-refractivity contribution in [2.45, 2.75) is 26.8 Å². The van der Waals surface area contributed by atoms with Gasteiger partial charge in [0.15, 0.2) is 11.8 Å². The van der Waals surface area contributed by atoms with Crippen molar-refractivity contribution >= 4 is 29.9 Å². The van der Waals surface area contributed by atoms with E-state index in [0.717, 1.165) is 37.0 Å². The fourth-order valence-corrected chi connectivity index (χ4v) is 2.91. The van der Waals surface area contributed by atoms with Crippen LogP contribution in [0.3, 0.4) is 0 Å². The van der Waals surface area contributed by atoms with E-state index in [1.165, 1.54) is 6.42 Å². The molecule has 0 unspecified atom stereocenters. The highest BCUT2D eigenvalue weighted by molar-refractivity contribution is 14.0. The number of guanidine groups is 1. The van der Waals surface area contributed by atoms with Crippen molar-refractivity contribution in [2.75, 3.05) is 20.1 Å². The molecule has 1 fully saturated rings. The third-order valence-corrected chi connectivity index (χ3v) is 4.19. The van der Waals surface area contributed by atoms with Crippen molar-refractivity contribution in [3.63, 3.8) is 0 Å². The second-order valence-electron chi connectivity index (χ2n) is 6.71. The molecule has 0 aromatic carbocycles. The van der Waals surface area contributed by atoms with Gasteiger partial charge in [-0.25, -0.2) is 9.67 Å². The first kappa shape index (κ1) is 18.7. The smallest absolute Gasteiger partial charge is 0.193 e. The molecular weight excluding hydrogens is 415 g/mol. The molecule has 24 heavy (non-hydrogen) atoms. The minimum absolute atomic E-state index is 0. The maximum Gasteiger partial charge on any atom is 0.193 e. The molecule has 1 saturated heterocycles. The summed E-state index contributed by atoms with van der Waals surface area (Å²) in [6.45, 7) is 7.43. The first-order chi connectivity index (χ1) is 11.1. The van der Waals surface area contributed by atoms with Gasteiger partial charge in [-0.15, -0.1) is 24.0 Å². The number of nitrogens with zero attached hydrogens (tertiary/aromatic N) is 5. The van der Waals surface area contributed by atoms with Crippen LogP contribution in [0.25, 0.3) is 5.82 Å². The van der Waals surface area contributed by atoms with E-state index in [1.807, 2.05) is 37.6 Å². The Morgan fingerprint density at radius 1 is 1.38 bits per heavy atom. The van der Waals surface area contributed by atoms with Crippen molar-refractivity contribution in [2.24, 2.45) is 10.4 Å². The van der Waals surface area contributed by atoms with E-state index < -0.39 is 0 Å². The summed E-state index contributed by atoms with van der Waals surface area (Å²) in [6.07, 6.45) is 6.66. The summed E-state index contributed by atoms with van der Waals surface area (Å²) in [5.41, 5.74) is 1.52. The number of hydrogen-bond acceptors (Lipinski definition) is 3. The molecule has 0 radical (unpaired) electrons. The number of rotatable bonds is 3. The van der Waals surface area contributed by atoms with Gasteiger partial charge in [-0.05, 0) is 35.6 Å². The first-order valence-electron chi connectivity index (χ1n) is 7.98. The maximum absolute atomic E-state index is 4.42. The first-order valence-corrected chi connectivity index (χ1v) is 7.98. The van der Waals surface area contributed by atoms with Gasteiger partial charge in [-0.3, -0.25) is 4.99 Å². The average molecular weight is 440 g/mol. The Kier molecular flexibility index (Phi) is 6.20. The van der Waals surface area contributed by atoms with Crippen LogP contribution in [0, 0.1) is 5.41 Å². The molecule has 3 rings (SSSR count). The van der Waals surface area contributed by atoms with Gasteiger partial charge in [-0.2, -0.15) is 5.10 Å². The number of halogens is 1. The molecule has 0 aliphatic carbocycles. The molecule has 130 valence electrons. The zero-order chi connectivity index (χ0) is 16.3. The third kappa shape index (κ3) is 4.46. The van der Waals surface area contributed by atoms with Crippen molar-refractivity contribution in [3.05, 3.63) is 42.4 Å². The van der Waals surface area contributed by atoms with Crippen LogP contribution < -0.4 is 5.32 Å². The minimum Gasteiger partial charge on any atom is -0.352 e. The largest absolute Gasteiger partial charge is 0.352 e. The van der Waals surface area contributed by atoms with E-state index in [-0.39, 0.29) is 24.0 Å². The molecule has 1 aliphatic heterocycles. The Labute approximate surface area is 160 Å². The van der Waals surface area contributed by atoms with Gasteiger partial charge in [-0.1, -0.05) is 13.8 Å². The van der Waals surface area contributed by atoms with Crippen LogP contribution in [0.15, 0.2) is 41.8 Å². The molecule has 3 heterocycles. The van der Waals surface area contributed by atoms with Crippen molar-refractivity contribution < 1.29 is 0 Å². The maximum atomic E-state index is 4.42. The quantitative estimate of drug-likeness (QED) is 0.453. The lowest BCUT2D eigenvalue weighted by molar-refractivity contribution is 0.370. The van der Waals surface area contributed by atoms with E-state index in [1.54, 1.807) is 10.9 Å². The Morgan fingerprint density at radius 3 is 2.83 bits per heavy atom. The highest BCUT2D eigenvalue weighted by Crippen LogP contribution is 2.28. The number of aliphatic imine (C=N–C) groups is 1. The Balaban J connectivity index is 0.00000208. The molecule has 0 saturated carbocycles. The average Bonchev–Trinajstić information content (AvgIpc) is 3.18. The van der Waals surface area contributed by atoms with Gasteiger partial charge in [0, 0.05) is 45.3 Å². The van der Waals surface area contributed by atoms with Crippen LogP contribution in [0.2, 0.25) is 0 Å². The lowest BCUT2D eigenvalue weighted by Crippen LogP contribution is -2.40. The molecule has 6 nitrogen and oxygen atoms in total. The molecule has 7 heteroatoms. The predicted molar refractivity (Wildman–Crippen MR) is 107 cm³/mol. The van der Waals surface area contributed by atoms with E-state index in [4.69, 9.17) is 0 Å². The van der Waals surface area contributed by atoms with Crippen LogP contribution in [-0.4, -0.2) is 45.8 Å². The van der Waals surface area contributed by atoms with E-state index in [9.17, 15) is 0 Å². The summed E-state index contributed by atoms with van der Waals surface area (Å²) in [6, 6.07) is 5.95. The molecule has 1 aliphatic rings. The molecule has 0 spiro atoms. The van der Waals surface area contributed by atoms with Crippen LogP contribution in [-0.2, 0) is 6.54 Å². The SMILES string of the molecule is CN=C(NCc1ccnc(-n2cccn2)c1)N1CCC(C)(C)C1.I. The van der Waals surface area contributed by atoms with Gasteiger partial charge >= 0.3 is 0 Å². The number of likely N-dealkylation sites (tertiary alicyclic amines) is 1.